The molecule has 6 aromatic carbocycles. The van der Waals surface area contributed by atoms with Gasteiger partial charge in [-0.1, -0.05) is 96.1 Å². The van der Waals surface area contributed by atoms with E-state index in [2.05, 4.69) is 20.5 Å². The van der Waals surface area contributed by atoms with Crippen LogP contribution in [0.3, 0.4) is 0 Å². The van der Waals surface area contributed by atoms with Crippen molar-refractivity contribution in [3.05, 3.63) is 109 Å². The maximum absolute atomic E-state index is 12.0. The second kappa shape index (κ2) is 16.3. The van der Waals surface area contributed by atoms with Crippen molar-refractivity contribution in [1.82, 2.24) is 0 Å². The van der Waals surface area contributed by atoms with Gasteiger partial charge in [0.1, 0.15) is 11.4 Å². The first-order valence-corrected chi connectivity index (χ1v) is 16.6. The van der Waals surface area contributed by atoms with Crippen LogP contribution in [-0.2, 0) is 37.4 Å². The number of phenolic OH excluding ortho intramolecular Hbond substituents is 1. The Bertz CT molecular complexity index is 2310. The van der Waals surface area contributed by atoms with Crippen LogP contribution in [0.15, 0.2) is 139 Å². The van der Waals surface area contributed by atoms with Gasteiger partial charge in [0.25, 0.3) is 0 Å². The minimum absolute atomic E-state index is 0. The zero-order valence-electron chi connectivity index (χ0n) is 25.8. The molecule has 1 unspecified atom stereocenters. The fourth-order valence-corrected chi connectivity index (χ4v) is 5.44. The maximum Gasteiger partial charge on any atom is 3.00 e. The second-order valence-electron chi connectivity index (χ2n) is 10.00. The van der Waals surface area contributed by atoms with Crippen molar-refractivity contribution in [3.8, 4) is 23.0 Å². The zero-order chi connectivity index (χ0) is 34.6. The van der Waals surface area contributed by atoms with Crippen molar-refractivity contribution in [2.75, 3.05) is 0 Å². The topological polar surface area (TPSA) is 263 Å². The summed E-state index contributed by atoms with van der Waals surface area (Å²) in [5.74, 6) is -1.54. The predicted molar refractivity (Wildman–Crippen MR) is 170 cm³/mol. The summed E-state index contributed by atoms with van der Waals surface area (Å²) in [5.41, 5.74) is -0.190. The van der Waals surface area contributed by atoms with E-state index in [9.17, 15) is 37.6 Å². The molecule has 0 aliphatic carbocycles. The van der Waals surface area contributed by atoms with Crippen molar-refractivity contribution in [3.63, 3.8) is 0 Å². The van der Waals surface area contributed by atoms with Crippen LogP contribution in [0.25, 0.3) is 21.5 Å². The van der Waals surface area contributed by atoms with Gasteiger partial charge in [-0.05, 0) is 41.1 Å². The van der Waals surface area contributed by atoms with Crippen molar-refractivity contribution in [1.29, 1.82) is 4.78 Å². The van der Waals surface area contributed by atoms with E-state index in [0.717, 1.165) is 47.2 Å². The van der Waals surface area contributed by atoms with E-state index in [1.54, 1.807) is 42.5 Å². The van der Waals surface area contributed by atoms with Gasteiger partial charge < -0.3 is 25.0 Å². The third-order valence-electron chi connectivity index (χ3n) is 6.76. The summed E-state index contributed by atoms with van der Waals surface area (Å²) in [5, 5.41) is 68.8. The van der Waals surface area contributed by atoms with Gasteiger partial charge in [0.05, 0.1) is 22.0 Å². The Morgan fingerprint density at radius 2 is 1.04 bits per heavy atom. The van der Waals surface area contributed by atoms with Crippen LogP contribution in [0.2, 0.25) is 0 Å². The van der Waals surface area contributed by atoms with Gasteiger partial charge in [-0.25, -0.2) is 13.6 Å². The normalized spacial score (nSPS) is 12.5. The number of nitrogens with one attached hydrogen (secondary N) is 1. The van der Waals surface area contributed by atoms with Crippen LogP contribution in [0.5, 0.6) is 23.0 Å². The zero-order valence-corrected chi connectivity index (χ0v) is 28.7. The molecule has 14 nitrogen and oxygen atoms in total. The van der Waals surface area contributed by atoms with Gasteiger partial charge >= 0.3 is 36.2 Å². The monoisotopic (exact) mass is 741 g/mol. The number of sulfonamides is 1. The van der Waals surface area contributed by atoms with Crippen LogP contribution < -0.4 is 39.3 Å². The average molecular weight is 742 g/mol. The largest absolute Gasteiger partial charge is 3.00 e. The van der Waals surface area contributed by atoms with Gasteiger partial charge in [-0.2, -0.15) is 15.3 Å². The molecule has 4 N–H and O–H groups in total. The molecule has 0 saturated carbocycles. The summed E-state index contributed by atoms with van der Waals surface area (Å²) in [6.45, 7) is 0. The van der Waals surface area contributed by atoms with Gasteiger partial charge in [0, 0.05) is 25.7 Å². The smallest absolute Gasteiger partial charge is 0.871 e. The number of nitrogens with zero attached hydrogens (tertiary/aromatic N) is 4. The molecule has 0 aromatic heterocycles. The number of aromatic hydroxyl groups is 1. The summed E-state index contributed by atoms with van der Waals surface area (Å²) in [6, 6.07) is 26.7. The van der Waals surface area contributed by atoms with E-state index in [-0.39, 0.29) is 80.3 Å². The molecule has 0 aliphatic rings. The Morgan fingerprint density at radius 1 is 0.600 bits per heavy atom. The quantitative estimate of drug-likeness (QED) is 0.168. The minimum atomic E-state index is -4.22. The number of fused-ring (bicyclic) bond motifs is 2. The third-order valence-corrected chi connectivity index (χ3v) is 8.54. The summed E-state index contributed by atoms with van der Waals surface area (Å²) >= 11 is 0. The first kappa shape index (κ1) is 39.6. The number of azo groups is 2. The van der Waals surface area contributed by atoms with Crippen LogP contribution in [0.1, 0.15) is 0 Å². The Kier molecular flexibility index (Phi) is 12.9. The predicted octanol–water partition coefficient (Wildman–Crippen LogP) is 2.62. The van der Waals surface area contributed by atoms with Crippen molar-refractivity contribution >= 4 is 64.3 Å². The molecule has 0 fully saturated rings. The standard InChI is InChI=1S/2C16H13N3O4S.Cr.Li/c2*17-24(22,23)11-6-8-14(20)13(9-11)18-19-16-12-4-2-1-3-10(12)5-7-15(16)21;;/h2*1-9,20-21H,(H2,17,22,23);;/q;;+3;+1/p-4. The molecular weight excluding hydrogens is 719 g/mol. The number of hydrogen-bond donors (Lipinski definition) is 3. The molecule has 0 amide bonds. The third kappa shape index (κ3) is 9.24. The van der Waals surface area contributed by atoms with Crippen molar-refractivity contribution in [2.45, 2.75) is 9.79 Å². The number of phenols is 1. The van der Waals surface area contributed by atoms with E-state index in [4.69, 9.17) is 9.92 Å². The van der Waals surface area contributed by atoms with Gasteiger partial charge in [0.2, 0.25) is 10.0 Å². The molecule has 18 heteroatoms. The number of benzene rings is 6. The first-order valence-electron chi connectivity index (χ1n) is 13.6. The molecule has 1 radical (unpaired) electrons. The second-order valence-corrected chi connectivity index (χ2v) is 13.0. The van der Waals surface area contributed by atoms with Gasteiger partial charge in [-0.15, -0.1) is 5.11 Å². The Labute approximate surface area is 308 Å². The number of primary sulfonamides is 1. The fraction of sp³-hybridized carbons (Fsp3) is 0. The van der Waals surface area contributed by atoms with Gasteiger partial charge in [0.15, 0.2) is 0 Å². The number of nitrogens with two attached hydrogens (primary N) is 1. The SMILES string of the molecule is N=S(=O)([O-])c1ccc([O-])c(N=Nc2c([O-])ccc3ccccc23)c1.NS(=O)(=O)c1ccc([O-])c(N=Nc2c(O)ccc3ccccc23)c1.[Cr+3].[Li+]. The summed E-state index contributed by atoms with van der Waals surface area (Å²) in [7, 11) is -8.18. The Hall–Kier alpha value is -4.81. The van der Waals surface area contributed by atoms with E-state index >= 15 is 0 Å². The Balaban J connectivity index is 0.000000260. The van der Waals surface area contributed by atoms with E-state index in [0.29, 0.717) is 10.8 Å². The van der Waals surface area contributed by atoms with Crippen molar-refractivity contribution in [2.24, 2.45) is 25.6 Å². The van der Waals surface area contributed by atoms with E-state index < -0.39 is 31.5 Å². The molecule has 0 heterocycles. The summed E-state index contributed by atoms with van der Waals surface area (Å²) in [6.07, 6.45) is 0. The van der Waals surface area contributed by atoms with E-state index in [1.165, 1.54) is 12.1 Å². The molecule has 50 heavy (non-hydrogen) atoms. The molecule has 0 saturated heterocycles. The fourth-order valence-electron chi connectivity index (χ4n) is 4.39. The molecule has 1 atom stereocenters. The van der Waals surface area contributed by atoms with E-state index in [1.807, 2.05) is 18.2 Å². The molecule has 0 spiro atoms. The van der Waals surface area contributed by atoms with Crippen LogP contribution in [0, 0.1) is 4.78 Å². The average Bonchev–Trinajstić information content (AvgIpc) is 3.04. The van der Waals surface area contributed by atoms with Gasteiger partial charge in [-0.3, -0.25) is 8.99 Å². The molecule has 6 rings (SSSR count). The van der Waals surface area contributed by atoms with Crippen LogP contribution in [0.4, 0.5) is 22.7 Å². The van der Waals surface area contributed by atoms with Crippen LogP contribution >= 0.6 is 0 Å². The summed E-state index contributed by atoms with van der Waals surface area (Å²) < 4.78 is 52.2. The minimum Gasteiger partial charge on any atom is -0.871 e. The van der Waals surface area contributed by atoms with Crippen molar-refractivity contribution < 1.29 is 73.8 Å². The molecule has 0 aliphatic heterocycles. The first-order chi connectivity index (χ1) is 22.7. The summed E-state index contributed by atoms with van der Waals surface area (Å²) in [4.78, 5) is -0.602. The maximum atomic E-state index is 12.0. The number of rotatable bonds is 6. The number of hydrogen-bond acceptors (Lipinski definition) is 13. The molecular formula is C32H22CrLiN6O8S2. The molecule has 247 valence electrons. The Morgan fingerprint density at radius 3 is 1.58 bits per heavy atom. The molecule has 6 aromatic rings. The molecule has 0 bridgehead atoms. The van der Waals surface area contributed by atoms with Crippen LogP contribution in [-0.4, -0.2) is 22.3 Å².